The molecule has 1 aromatic carbocycles. The van der Waals surface area contributed by atoms with Crippen molar-refractivity contribution in [1.29, 1.82) is 0 Å². The normalized spacial score (nSPS) is 25.0. The third-order valence-electron chi connectivity index (χ3n) is 6.98. The first-order valence-corrected chi connectivity index (χ1v) is 10.8. The van der Waals surface area contributed by atoms with Crippen molar-refractivity contribution < 1.29 is 24.2 Å². The van der Waals surface area contributed by atoms with Crippen LogP contribution in [0.1, 0.15) is 96.9 Å². The van der Waals surface area contributed by atoms with Gasteiger partial charge in [0.05, 0.1) is 12.7 Å². The number of carbonyl (C=O) groups is 3. The average Bonchev–Trinajstić information content (AvgIpc) is 2.71. The van der Waals surface area contributed by atoms with Gasteiger partial charge in [-0.05, 0) is 45.4 Å². The van der Waals surface area contributed by atoms with E-state index in [9.17, 15) is 19.5 Å². The molecule has 5 heteroatoms. The maximum Gasteiger partial charge on any atom is 0.170 e. The third kappa shape index (κ3) is 3.35. The first-order valence-electron chi connectivity index (χ1n) is 10.8. The van der Waals surface area contributed by atoms with Crippen molar-refractivity contribution in [2.24, 2.45) is 17.3 Å². The number of aromatic hydroxyl groups is 1. The molecule has 1 N–H and O–H groups in total. The second-order valence-electron chi connectivity index (χ2n) is 9.60. The van der Waals surface area contributed by atoms with Gasteiger partial charge in [0.1, 0.15) is 0 Å². The summed E-state index contributed by atoms with van der Waals surface area (Å²) in [6, 6.07) is 0. The van der Waals surface area contributed by atoms with Crippen molar-refractivity contribution in [3.63, 3.8) is 0 Å². The predicted octanol–water partition coefficient (Wildman–Crippen LogP) is 5.66. The zero-order valence-electron chi connectivity index (χ0n) is 19.5. The number of hydrogen-bond donors (Lipinski definition) is 1. The highest BCUT2D eigenvalue weighted by atomic mass is 16.5. The van der Waals surface area contributed by atoms with Gasteiger partial charge in [-0.1, -0.05) is 44.1 Å². The Kier molecular flexibility index (Phi) is 6.01. The molecule has 0 aromatic heterocycles. The van der Waals surface area contributed by atoms with E-state index in [4.69, 9.17) is 4.74 Å². The quantitative estimate of drug-likeness (QED) is 0.487. The van der Waals surface area contributed by atoms with Crippen molar-refractivity contribution in [2.75, 3.05) is 7.11 Å². The van der Waals surface area contributed by atoms with E-state index in [1.807, 2.05) is 41.5 Å². The summed E-state index contributed by atoms with van der Waals surface area (Å²) in [5.41, 5.74) is 1.96. The van der Waals surface area contributed by atoms with Gasteiger partial charge in [-0.2, -0.15) is 0 Å². The molecule has 0 heterocycles. The smallest absolute Gasteiger partial charge is 0.170 e. The Morgan fingerprint density at radius 1 is 1.29 bits per heavy atom. The largest absolute Gasteiger partial charge is 0.504 e. The van der Waals surface area contributed by atoms with Gasteiger partial charge in [0, 0.05) is 28.0 Å². The number of phenols is 1. The predicted molar refractivity (Wildman–Crippen MR) is 120 cm³/mol. The van der Waals surface area contributed by atoms with Crippen molar-refractivity contribution in [3.8, 4) is 11.5 Å². The zero-order chi connectivity index (χ0) is 23.2. The summed E-state index contributed by atoms with van der Waals surface area (Å²) < 4.78 is 5.41. The molecule has 0 saturated carbocycles. The number of ether oxygens (including phenoxy) is 1. The van der Waals surface area contributed by atoms with E-state index in [0.29, 0.717) is 24.7 Å². The van der Waals surface area contributed by atoms with Gasteiger partial charge in [-0.25, -0.2) is 0 Å². The monoisotopic (exact) mass is 424 g/mol. The number of rotatable bonds is 5. The Bertz CT molecular complexity index is 1020. The number of Topliss-reactive ketones (excluding diaryl/α,β-unsaturated/α-hetero) is 2. The Labute approximate surface area is 184 Å². The molecular formula is C26H32O5. The number of fused-ring (bicyclic) bond motifs is 2. The Morgan fingerprint density at radius 2 is 1.94 bits per heavy atom. The zero-order valence-corrected chi connectivity index (χ0v) is 19.5. The molecule has 166 valence electrons. The lowest BCUT2D eigenvalue weighted by Gasteiger charge is -2.47. The average molecular weight is 425 g/mol. The summed E-state index contributed by atoms with van der Waals surface area (Å²) in [7, 11) is 1.39. The summed E-state index contributed by atoms with van der Waals surface area (Å²) in [6.45, 7) is 11.6. The minimum Gasteiger partial charge on any atom is -0.504 e. The Morgan fingerprint density at radius 3 is 2.45 bits per heavy atom. The molecule has 0 aliphatic heterocycles. The van der Waals surface area contributed by atoms with Crippen LogP contribution in [0.15, 0.2) is 23.3 Å². The molecule has 5 nitrogen and oxygen atoms in total. The molecule has 0 amide bonds. The molecule has 31 heavy (non-hydrogen) atoms. The van der Waals surface area contributed by atoms with Gasteiger partial charge < -0.3 is 9.84 Å². The minimum atomic E-state index is -0.907. The topological polar surface area (TPSA) is 80.7 Å². The highest BCUT2D eigenvalue weighted by Gasteiger charge is 2.56. The fraction of sp³-hybridized carbons (Fsp3) is 0.500. The van der Waals surface area contributed by atoms with Crippen LogP contribution in [0, 0.1) is 17.3 Å². The highest BCUT2D eigenvalue weighted by Crippen LogP contribution is 2.55. The van der Waals surface area contributed by atoms with Crippen LogP contribution in [0.4, 0.5) is 0 Å². The highest BCUT2D eigenvalue weighted by molar-refractivity contribution is 6.22. The number of ketones is 2. The standard InChI is InChI=1S/C26H32O5/c1-13(2)8-9-16-15(5)10-11-26(6)21(16)23(29)19-17(12-27)22(28)24(31-7)18(14(3)4)20(19)25(26)30/h8,10,12,14,16,21,28H,9,11H2,1-7H3. The summed E-state index contributed by atoms with van der Waals surface area (Å²) >= 11 is 0. The van der Waals surface area contributed by atoms with Crippen LogP contribution in [0.2, 0.25) is 0 Å². The van der Waals surface area contributed by atoms with Crippen LogP contribution < -0.4 is 4.74 Å². The maximum absolute atomic E-state index is 14.0. The number of phenolic OH excluding ortho intramolecular Hbond substituents is 1. The van der Waals surface area contributed by atoms with Crippen molar-refractivity contribution in [1.82, 2.24) is 0 Å². The molecule has 0 fully saturated rings. The van der Waals surface area contributed by atoms with Gasteiger partial charge >= 0.3 is 0 Å². The van der Waals surface area contributed by atoms with Gasteiger partial charge in [-0.15, -0.1) is 0 Å². The fourth-order valence-corrected chi connectivity index (χ4v) is 5.31. The van der Waals surface area contributed by atoms with Gasteiger partial charge in [-0.3, -0.25) is 14.4 Å². The van der Waals surface area contributed by atoms with Crippen LogP contribution in [-0.4, -0.2) is 30.1 Å². The summed E-state index contributed by atoms with van der Waals surface area (Å²) in [6.07, 6.45) is 5.74. The summed E-state index contributed by atoms with van der Waals surface area (Å²) in [5, 5.41) is 10.8. The van der Waals surface area contributed by atoms with E-state index in [2.05, 4.69) is 12.2 Å². The van der Waals surface area contributed by atoms with Crippen molar-refractivity contribution in [3.05, 3.63) is 45.6 Å². The van der Waals surface area contributed by atoms with Crippen LogP contribution in [0.5, 0.6) is 11.5 Å². The van der Waals surface area contributed by atoms with Crippen molar-refractivity contribution >= 4 is 17.9 Å². The van der Waals surface area contributed by atoms with Crippen molar-refractivity contribution in [2.45, 2.75) is 60.3 Å². The lowest BCUT2D eigenvalue weighted by molar-refractivity contribution is 0.0480. The third-order valence-corrected chi connectivity index (χ3v) is 6.98. The molecule has 3 rings (SSSR count). The van der Waals surface area contributed by atoms with Gasteiger partial charge in [0.15, 0.2) is 29.4 Å². The molecule has 2 aliphatic rings. The first-order chi connectivity index (χ1) is 14.5. The number of carbonyl (C=O) groups excluding carboxylic acids is 3. The van der Waals surface area contributed by atoms with E-state index < -0.39 is 11.3 Å². The lowest BCUT2D eigenvalue weighted by Crippen LogP contribution is -2.51. The number of allylic oxidation sites excluding steroid dienone is 4. The molecule has 0 radical (unpaired) electrons. The number of hydrogen-bond acceptors (Lipinski definition) is 5. The fourth-order valence-electron chi connectivity index (χ4n) is 5.31. The maximum atomic E-state index is 14.0. The summed E-state index contributed by atoms with van der Waals surface area (Å²) in [5.74, 6) is -1.56. The van der Waals surface area contributed by atoms with Gasteiger partial charge in [0.25, 0.3) is 0 Å². The van der Waals surface area contributed by atoms with Crippen LogP contribution in [0.25, 0.3) is 0 Å². The van der Waals surface area contributed by atoms with E-state index in [1.165, 1.54) is 7.11 Å². The molecule has 3 atom stereocenters. The molecule has 1 aromatic rings. The summed E-state index contributed by atoms with van der Waals surface area (Å²) in [4.78, 5) is 40.0. The van der Waals surface area contributed by atoms with E-state index in [0.717, 1.165) is 11.1 Å². The molecule has 2 aliphatic carbocycles. The number of methoxy groups -OCH3 is 1. The van der Waals surface area contributed by atoms with Gasteiger partial charge in [0.2, 0.25) is 0 Å². The van der Waals surface area contributed by atoms with Crippen LogP contribution >= 0.6 is 0 Å². The molecule has 0 saturated heterocycles. The lowest BCUT2D eigenvalue weighted by atomic mass is 9.53. The molecular weight excluding hydrogens is 392 g/mol. The second-order valence-corrected chi connectivity index (χ2v) is 9.60. The minimum absolute atomic E-state index is 0.0568. The molecule has 0 spiro atoms. The first kappa shape index (κ1) is 23.0. The SMILES string of the molecule is COc1c(O)c(C=O)c2c(c1C(C)C)C(=O)C1(C)CC=C(C)C(CC=C(C)C)C1C2=O. The number of aldehydes is 1. The second kappa shape index (κ2) is 8.10. The van der Waals surface area contributed by atoms with E-state index in [-0.39, 0.29) is 51.6 Å². The molecule has 3 unspecified atom stereocenters. The van der Waals surface area contributed by atoms with Crippen LogP contribution in [0.3, 0.4) is 0 Å². The van der Waals surface area contributed by atoms with E-state index >= 15 is 0 Å². The Balaban J connectivity index is 2.38. The number of benzene rings is 1. The Hall–Kier alpha value is -2.69. The van der Waals surface area contributed by atoms with Crippen LogP contribution in [-0.2, 0) is 0 Å². The van der Waals surface area contributed by atoms with E-state index in [1.54, 1.807) is 0 Å². The molecule has 0 bridgehead atoms.